The van der Waals surface area contributed by atoms with Crippen molar-refractivity contribution in [3.63, 3.8) is 0 Å². The van der Waals surface area contributed by atoms with Crippen molar-refractivity contribution >= 4 is 17.6 Å². The second kappa shape index (κ2) is 9.24. The Balaban J connectivity index is 1.48. The Hall–Kier alpha value is -4.29. The van der Waals surface area contributed by atoms with Crippen LogP contribution in [0.5, 0.6) is 0 Å². The van der Waals surface area contributed by atoms with E-state index in [0.29, 0.717) is 5.56 Å². The number of benzene rings is 2. The molecule has 32 heavy (non-hydrogen) atoms. The van der Waals surface area contributed by atoms with Crippen LogP contribution in [0.25, 0.3) is 11.5 Å². The number of nitrogens with zero attached hydrogens (tertiary/aromatic N) is 3. The quantitative estimate of drug-likeness (QED) is 0.329. The predicted octanol–water partition coefficient (Wildman–Crippen LogP) is 3.14. The topological polar surface area (TPSA) is 137 Å². The highest BCUT2D eigenvalue weighted by Crippen LogP contribution is 2.29. The molecule has 1 aromatic heterocycles. The molecule has 0 aliphatic rings. The summed E-state index contributed by atoms with van der Waals surface area (Å²) in [7, 11) is 0. The zero-order valence-corrected chi connectivity index (χ0v) is 16.0. The summed E-state index contributed by atoms with van der Waals surface area (Å²) in [6, 6.07) is 8.84. The molecule has 3 rings (SSSR count). The van der Waals surface area contributed by atoms with Gasteiger partial charge in [-0.15, -0.1) is 10.2 Å². The predicted molar refractivity (Wildman–Crippen MR) is 100.0 cm³/mol. The Morgan fingerprint density at radius 2 is 1.72 bits per heavy atom. The molecule has 13 heteroatoms. The van der Waals surface area contributed by atoms with Gasteiger partial charge in [-0.2, -0.15) is 13.2 Å². The number of nitro groups is 1. The van der Waals surface area contributed by atoms with Gasteiger partial charge in [-0.1, -0.05) is 0 Å². The van der Waals surface area contributed by atoms with Gasteiger partial charge in [-0.25, -0.2) is 0 Å². The standard InChI is InChI=1S/C19H13F3N4O6/c20-19(21,22)13-5-1-11(2-6-13)17(28)23-9-16(27)31-10-15-24-25-18(32-15)12-3-7-14(8-4-12)26(29)30/h1-8H,9-10H2,(H,23,28). The molecule has 0 fully saturated rings. The van der Waals surface area contributed by atoms with Crippen LogP contribution in [0.1, 0.15) is 21.8 Å². The number of carbonyl (C=O) groups is 2. The lowest BCUT2D eigenvalue weighted by molar-refractivity contribution is -0.384. The third kappa shape index (κ3) is 5.65. The maximum Gasteiger partial charge on any atom is 0.416 e. The molecular weight excluding hydrogens is 437 g/mol. The molecule has 0 bridgehead atoms. The monoisotopic (exact) mass is 450 g/mol. The minimum absolute atomic E-state index is 0.0548. The fourth-order valence-corrected chi connectivity index (χ4v) is 2.41. The highest BCUT2D eigenvalue weighted by molar-refractivity contribution is 5.95. The van der Waals surface area contributed by atoms with Crippen LogP contribution in [0, 0.1) is 10.1 Å². The second-order valence-corrected chi connectivity index (χ2v) is 6.22. The minimum atomic E-state index is -4.52. The Labute approximate surface area is 177 Å². The molecule has 1 N–H and O–H groups in total. The number of esters is 1. The number of rotatable bonds is 7. The summed E-state index contributed by atoms with van der Waals surface area (Å²) in [5, 5.41) is 20.3. The molecule has 2 aromatic carbocycles. The van der Waals surface area contributed by atoms with Crippen molar-refractivity contribution in [3.8, 4) is 11.5 Å². The number of alkyl halides is 3. The maximum absolute atomic E-state index is 12.5. The van der Waals surface area contributed by atoms with E-state index in [2.05, 4.69) is 15.5 Å². The number of hydrogen-bond donors (Lipinski definition) is 1. The fourth-order valence-electron chi connectivity index (χ4n) is 2.41. The van der Waals surface area contributed by atoms with Gasteiger partial charge in [0.15, 0.2) is 6.61 Å². The molecule has 0 aliphatic heterocycles. The summed E-state index contributed by atoms with van der Waals surface area (Å²) in [6.45, 7) is -0.932. The Morgan fingerprint density at radius 1 is 1.06 bits per heavy atom. The van der Waals surface area contributed by atoms with Gasteiger partial charge in [0.2, 0.25) is 5.89 Å². The van der Waals surface area contributed by atoms with E-state index in [9.17, 15) is 32.9 Å². The zero-order valence-electron chi connectivity index (χ0n) is 16.0. The largest absolute Gasteiger partial charge is 0.454 e. The molecule has 10 nitrogen and oxygen atoms in total. The van der Waals surface area contributed by atoms with Crippen molar-refractivity contribution in [2.24, 2.45) is 0 Å². The second-order valence-electron chi connectivity index (χ2n) is 6.22. The van der Waals surface area contributed by atoms with Crippen molar-refractivity contribution in [1.29, 1.82) is 0 Å². The molecule has 0 radical (unpaired) electrons. The summed E-state index contributed by atoms with van der Waals surface area (Å²) in [4.78, 5) is 33.8. The lowest BCUT2D eigenvalue weighted by Gasteiger charge is -2.08. The van der Waals surface area contributed by atoms with Gasteiger partial charge in [0.05, 0.1) is 10.5 Å². The summed E-state index contributed by atoms with van der Waals surface area (Å²) in [5.74, 6) is -1.60. The van der Waals surface area contributed by atoms with Crippen molar-refractivity contribution in [2.75, 3.05) is 6.54 Å². The third-order valence-electron chi connectivity index (χ3n) is 4.02. The van der Waals surface area contributed by atoms with Crippen LogP contribution in [0.2, 0.25) is 0 Å². The number of ether oxygens (including phenoxy) is 1. The van der Waals surface area contributed by atoms with Gasteiger partial charge < -0.3 is 14.5 Å². The van der Waals surface area contributed by atoms with Crippen molar-refractivity contribution in [3.05, 3.63) is 75.7 Å². The number of aromatic nitrogens is 2. The lowest BCUT2D eigenvalue weighted by Crippen LogP contribution is -2.30. The normalized spacial score (nSPS) is 11.1. The lowest BCUT2D eigenvalue weighted by atomic mass is 10.1. The number of nitrogens with one attached hydrogen (secondary N) is 1. The van der Waals surface area contributed by atoms with Gasteiger partial charge >= 0.3 is 12.1 Å². The van der Waals surface area contributed by atoms with E-state index in [1.165, 1.54) is 24.3 Å². The first kappa shape index (κ1) is 22.4. The first-order valence-corrected chi connectivity index (χ1v) is 8.82. The average Bonchev–Trinajstić information content (AvgIpc) is 3.24. The molecule has 0 spiro atoms. The first-order valence-electron chi connectivity index (χ1n) is 8.82. The van der Waals surface area contributed by atoms with Crippen LogP contribution >= 0.6 is 0 Å². The number of non-ortho nitro benzene ring substituents is 1. The molecule has 0 atom stereocenters. The summed E-state index contributed by atoms with van der Waals surface area (Å²) in [5.41, 5.74) is -0.651. The van der Waals surface area contributed by atoms with E-state index in [1.54, 1.807) is 0 Å². The van der Waals surface area contributed by atoms with Gasteiger partial charge in [0, 0.05) is 23.3 Å². The van der Waals surface area contributed by atoms with E-state index in [1.807, 2.05) is 0 Å². The molecule has 0 saturated heterocycles. The highest BCUT2D eigenvalue weighted by Gasteiger charge is 2.30. The summed E-state index contributed by atoms with van der Waals surface area (Å²) in [6.07, 6.45) is -4.52. The molecular formula is C19H13F3N4O6. The number of halogens is 3. The number of hydrogen-bond acceptors (Lipinski definition) is 8. The number of carbonyl (C=O) groups excluding carboxylic acids is 2. The smallest absolute Gasteiger partial charge is 0.416 e. The van der Waals surface area contributed by atoms with Crippen LogP contribution in [0.3, 0.4) is 0 Å². The molecule has 1 amide bonds. The third-order valence-corrected chi connectivity index (χ3v) is 4.02. The Morgan fingerprint density at radius 3 is 2.31 bits per heavy atom. The van der Waals surface area contributed by atoms with Crippen LogP contribution in [0.4, 0.5) is 18.9 Å². The van der Waals surface area contributed by atoms with Gasteiger partial charge in [-0.05, 0) is 36.4 Å². The number of nitro benzene ring substituents is 1. The van der Waals surface area contributed by atoms with E-state index in [4.69, 9.17) is 9.15 Å². The van der Waals surface area contributed by atoms with Crippen LogP contribution in [0.15, 0.2) is 52.9 Å². The minimum Gasteiger partial charge on any atom is -0.454 e. The van der Waals surface area contributed by atoms with Gasteiger partial charge in [-0.3, -0.25) is 19.7 Å². The molecule has 0 saturated carbocycles. The average molecular weight is 450 g/mol. The van der Waals surface area contributed by atoms with E-state index >= 15 is 0 Å². The van der Waals surface area contributed by atoms with Gasteiger partial charge in [0.1, 0.15) is 6.54 Å². The van der Waals surface area contributed by atoms with Crippen molar-refractivity contribution in [1.82, 2.24) is 15.5 Å². The van der Waals surface area contributed by atoms with Crippen LogP contribution in [-0.2, 0) is 22.3 Å². The Kier molecular flexibility index (Phi) is 6.47. The van der Waals surface area contributed by atoms with Crippen LogP contribution < -0.4 is 5.32 Å². The maximum atomic E-state index is 12.5. The molecule has 0 aliphatic carbocycles. The van der Waals surface area contributed by atoms with E-state index in [0.717, 1.165) is 24.3 Å². The Bertz CT molecular complexity index is 1130. The zero-order chi connectivity index (χ0) is 23.3. The summed E-state index contributed by atoms with van der Waals surface area (Å²) >= 11 is 0. The van der Waals surface area contributed by atoms with Gasteiger partial charge in [0.25, 0.3) is 17.5 Å². The van der Waals surface area contributed by atoms with E-state index in [-0.39, 0.29) is 23.0 Å². The first-order chi connectivity index (χ1) is 15.1. The molecule has 166 valence electrons. The molecule has 0 unspecified atom stereocenters. The fraction of sp³-hybridized carbons (Fsp3) is 0.158. The van der Waals surface area contributed by atoms with Crippen molar-refractivity contribution < 1.29 is 36.8 Å². The molecule has 3 aromatic rings. The number of amides is 1. The van der Waals surface area contributed by atoms with Crippen LogP contribution in [-0.4, -0.2) is 33.5 Å². The SMILES string of the molecule is O=C(CNC(=O)c1ccc(C(F)(F)F)cc1)OCc1nnc(-c2ccc([N+](=O)[O-])cc2)o1. The van der Waals surface area contributed by atoms with Crippen molar-refractivity contribution in [2.45, 2.75) is 12.8 Å². The van der Waals surface area contributed by atoms with E-state index < -0.39 is 41.7 Å². The molecule has 1 heterocycles. The summed E-state index contributed by atoms with van der Waals surface area (Å²) < 4.78 is 47.8. The highest BCUT2D eigenvalue weighted by atomic mass is 19.4.